The highest BCUT2D eigenvalue weighted by Gasteiger charge is 2.65. The summed E-state index contributed by atoms with van der Waals surface area (Å²) in [5.41, 5.74) is 16.4. The number of epoxide rings is 1. The smallest absolute Gasteiger partial charge is 0.341 e. The number of hydrogen-bond donors (Lipinski definition) is 3. The van der Waals surface area contributed by atoms with Crippen molar-refractivity contribution in [3.8, 4) is 22.8 Å². The molecule has 5 N–H and O–H groups in total. The Morgan fingerprint density at radius 3 is 2.72 bits per heavy atom. The number of nitrogens with two attached hydrogens (primary N) is 2. The van der Waals surface area contributed by atoms with Crippen LogP contribution in [0.25, 0.3) is 22.2 Å². The Balaban J connectivity index is 0.910. The van der Waals surface area contributed by atoms with Gasteiger partial charge in [-0.15, -0.1) is 0 Å². The highest BCUT2D eigenvalue weighted by molar-refractivity contribution is 6.07. The molecule has 5 aliphatic heterocycles. The van der Waals surface area contributed by atoms with Gasteiger partial charge in [-0.25, -0.2) is 14.8 Å². The molecule has 0 radical (unpaired) electrons. The minimum absolute atomic E-state index is 0.0927. The van der Waals surface area contributed by atoms with E-state index in [1.54, 1.807) is 19.1 Å². The average molecular weight is 717 g/mol. The second kappa shape index (κ2) is 11.9. The van der Waals surface area contributed by atoms with Crippen LogP contribution in [0.2, 0.25) is 0 Å². The molecule has 0 aliphatic carbocycles. The maximum Gasteiger partial charge on any atom is 0.341 e. The quantitative estimate of drug-likeness (QED) is 0.174. The van der Waals surface area contributed by atoms with Crippen molar-refractivity contribution in [1.82, 2.24) is 14.9 Å². The summed E-state index contributed by atoms with van der Waals surface area (Å²) in [6, 6.07) is 10.6. The largest absolute Gasteiger partial charge is 0.507 e. The third-order valence-electron chi connectivity index (χ3n) is 11.0. The number of nitrogens with zero attached hydrogens (tertiary/aromatic N) is 4. The third-order valence-corrected chi connectivity index (χ3v) is 11.0. The fraction of sp³-hybridized carbons (Fsp3) is 0.375. The predicted molar refractivity (Wildman–Crippen MR) is 197 cm³/mol. The molecule has 272 valence electrons. The number of ether oxygens (including phenoxy) is 3. The van der Waals surface area contributed by atoms with Gasteiger partial charge in [0.15, 0.2) is 11.0 Å². The zero-order valence-corrected chi connectivity index (χ0v) is 29.7. The minimum atomic E-state index is -1.06. The molecule has 2 saturated heterocycles. The number of aliphatic imine (C=N–C) groups is 1. The van der Waals surface area contributed by atoms with E-state index in [1.165, 1.54) is 6.07 Å². The van der Waals surface area contributed by atoms with Crippen molar-refractivity contribution in [3.05, 3.63) is 93.3 Å². The number of anilines is 2. The highest BCUT2D eigenvalue weighted by Crippen LogP contribution is 2.54. The van der Waals surface area contributed by atoms with Crippen LogP contribution in [0.4, 0.5) is 11.6 Å². The van der Waals surface area contributed by atoms with Gasteiger partial charge in [-0.05, 0) is 88.8 Å². The number of carbonyl (C=O) groups is 1. The van der Waals surface area contributed by atoms with Crippen LogP contribution in [0, 0.1) is 6.92 Å². The summed E-state index contributed by atoms with van der Waals surface area (Å²) < 4.78 is 24.6. The first-order chi connectivity index (χ1) is 25.4. The maximum absolute atomic E-state index is 14.0. The molecule has 2 fully saturated rings. The lowest BCUT2D eigenvalue weighted by atomic mass is 9.76. The average Bonchev–Trinajstić information content (AvgIpc) is 3.40. The van der Waals surface area contributed by atoms with Crippen molar-refractivity contribution < 1.29 is 28.5 Å². The lowest BCUT2D eigenvalue weighted by Crippen LogP contribution is -2.53. The molecule has 4 aromatic rings. The van der Waals surface area contributed by atoms with Gasteiger partial charge in [0, 0.05) is 47.2 Å². The Bertz CT molecular complexity index is 2380. The number of phenolic OH excluding ortho intramolecular Hbond substituents is 1. The molecule has 8 heterocycles. The molecule has 0 bridgehead atoms. The van der Waals surface area contributed by atoms with E-state index < -0.39 is 29.2 Å². The van der Waals surface area contributed by atoms with Gasteiger partial charge in [0.1, 0.15) is 51.6 Å². The Hall–Kier alpha value is -5.69. The van der Waals surface area contributed by atoms with E-state index in [9.17, 15) is 14.7 Å². The number of esters is 1. The van der Waals surface area contributed by atoms with Gasteiger partial charge in [-0.2, -0.15) is 0 Å². The first-order valence-corrected chi connectivity index (χ1v) is 18.0. The number of aromatic nitrogens is 2. The Labute approximate surface area is 305 Å². The van der Waals surface area contributed by atoms with Crippen molar-refractivity contribution in [2.45, 2.75) is 88.7 Å². The van der Waals surface area contributed by atoms with Crippen LogP contribution in [0.1, 0.15) is 68.0 Å². The molecule has 0 unspecified atom stereocenters. The van der Waals surface area contributed by atoms with Gasteiger partial charge in [0.2, 0.25) is 0 Å². The molecule has 4 atom stereocenters. The van der Waals surface area contributed by atoms with E-state index in [-0.39, 0.29) is 28.3 Å². The molecule has 9 rings (SSSR count). The Kier molecular flexibility index (Phi) is 7.46. The van der Waals surface area contributed by atoms with E-state index in [2.05, 4.69) is 26.1 Å². The second-order valence-electron chi connectivity index (χ2n) is 15.2. The molecular formula is C40H40N6O7. The van der Waals surface area contributed by atoms with E-state index in [0.29, 0.717) is 73.1 Å². The second-order valence-corrected chi connectivity index (χ2v) is 15.2. The molecule has 0 amide bonds. The third kappa shape index (κ3) is 5.70. The molecule has 13 heteroatoms. The first kappa shape index (κ1) is 33.2. The summed E-state index contributed by atoms with van der Waals surface area (Å²) in [5, 5.41) is 11.5. The van der Waals surface area contributed by atoms with Crippen molar-refractivity contribution in [1.29, 1.82) is 0 Å². The lowest BCUT2D eigenvalue weighted by Gasteiger charge is -2.45. The lowest BCUT2D eigenvalue weighted by molar-refractivity contribution is -0.173. The number of benzene rings is 1. The standard InChI is InChI=1S/C40H40N6O7/c1-20-11-28(47)35-29(50-20)16-30-34(36(35)48)25-5-4-9-40(38(49)51-37(25)39(2,3)52-30)31(53-40)7-6-21-12-26(45-32(41)13-21)23-14-24(44-33(42)15-23)18-46-17-22-8-10-43-27(22)19-46/h8,10-17,25,31,37,48H,4-7,9,18-19H2,1-3H3,(H2,41,45)(H2,42,44)/t25-,31-,37-,40-/m1/s1. The van der Waals surface area contributed by atoms with E-state index in [4.69, 9.17) is 30.1 Å². The normalized spacial score (nSPS) is 25.2. The summed E-state index contributed by atoms with van der Waals surface area (Å²) in [5.74, 6) is 0.600. The van der Waals surface area contributed by atoms with Gasteiger partial charge >= 0.3 is 5.97 Å². The number of phenols is 1. The number of hydrogen-bond acceptors (Lipinski definition) is 13. The molecular weight excluding hydrogens is 676 g/mol. The topological polar surface area (TPSA) is 192 Å². The number of pyridine rings is 2. The fourth-order valence-electron chi connectivity index (χ4n) is 8.58. The van der Waals surface area contributed by atoms with Crippen LogP contribution in [0.3, 0.4) is 0 Å². The van der Waals surface area contributed by atoms with Gasteiger partial charge in [-0.3, -0.25) is 9.79 Å². The molecule has 5 aliphatic rings. The fourth-order valence-corrected chi connectivity index (χ4v) is 8.58. The van der Waals surface area contributed by atoms with E-state index in [0.717, 1.165) is 34.7 Å². The van der Waals surface area contributed by atoms with Crippen molar-refractivity contribution in [3.63, 3.8) is 0 Å². The summed E-state index contributed by atoms with van der Waals surface area (Å²) in [6.07, 6.45) is 7.70. The van der Waals surface area contributed by atoms with Gasteiger partial charge in [0.05, 0.1) is 36.3 Å². The minimum Gasteiger partial charge on any atom is -0.507 e. The molecule has 0 saturated carbocycles. The SMILES string of the molecule is Cc1cc(=O)c2c(O)c3c(cc2o1)OC(C)(C)[C@@H]1OC(=O)[C@]2(CCC[C@H]31)O[C@@H]2CCc1cc(N)nc(-c2cc(N)nc(CN3C=C4C=CN=C4C3)c2)c1. The maximum atomic E-state index is 14.0. The Morgan fingerprint density at radius 1 is 1.06 bits per heavy atom. The van der Waals surface area contributed by atoms with Crippen LogP contribution >= 0.6 is 0 Å². The molecule has 1 spiro atoms. The molecule has 1 aromatic carbocycles. The van der Waals surface area contributed by atoms with Gasteiger partial charge in [0.25, 0.3) is 0 Å². The van der Waals surface area contributed by atoms with Crippen LogP contribution in [0.5, 0.6) is 11.5 Å². The monoisotopic (exact) mass is 716 g/mol. The summed E-state index contributed by atoms with van der Waals surface area (Å²) in [4.78, 5) is 42.6. The zero-order chi connectivity index (χ0) is 36.8. The predicted octanol–water partition coefficient (Wildman–Crippen LogP) is 5.22. The van der Waals surface area contributed by atoms with E-state index >= 15 is 0 Å². The molecule has 13 nitrogen and oxygen atoms in total. The number of allylic oxidation sites excluding steroid dienone is 1. The molecule has 53 heavy (non-hydrogen) atoms. The van der Waals surface area contributed by atoms with Crippen LogP contribution in [-0.4, -0.2) is 61.6 Å². The van der Waals surface area contributed by atoms with E-state index in [1.807, 2.05) is 44.3 Å². The molecule has 3 aromatic heterocycles. The van der Waals surface area contributed by atoms with Crippen LogP contribution < -0.4 is 21.6 Å². The van der Waals surface area contributed by atoms with Gasteiger partial charge in [-0.1, -0.05) is 0 Å². The van der Waals surface area contributed by atoms with Crippen molar-refractivity contribution in [2.24, 2.45) is 4.99 Å². The van der Waals surface area contributed by atoms with Gasteiger partial charge < -0.3 is 40.1 Å². The number of carbonyl (C=O) groups excluding carboxylic acids is 1. The summed E-state index contributed by atoms with van der Waals surface area (Å²) >= 11 is 0. The Morgan fingerprint density at radius 2 is 1.89 bits per heavy atom. The number of fused-ring (bicyclic) bond motifs is 5. The summed E-state index contributed by atoms with van der Waals surface area (Å²) in [6.45, 7) is 6.70. The van der Waals surface area contributed by atoms with Crippen LogP contribution in [-0.2, 0) is 27.2 Å². The first-order valence-electron chi connectivity index (χ1n) is 18.0. The van der Waals surface area contributed by atoms with Crippen LogP contribution in [0.15, 0.2) is 74.7 Å². The number of aryl methyl sites for hydroxylation is 2. The van der Waals surface area contributed by atoms with Crippen molar-refractivity contribution in [2.75, 3.05) is 18.0 Å². The number of rotatable bonds is 6. The highest BCUT2D eigenvalue weighted by atomic mass is 16.7. The number of nitrogen functional groups attached to an aromatic ring is 2. The number of aromatic hydroxyl groups is 1. The zero-order valence-electron chi connectivity index (χ0n) is 29.7. The van der Waals surface area contributed by atoms with Crippen molar-refractivity contribution >= 4 is 34.3 Å². The summed E-state index contributed by atoms with van der Waals surface area (Å²) in [7, 11) is 0.